The molecule has 1 aromatic heterocycles. The van der Waals surface area contributed by atoms with Gasteiger partial charge in [0, 0.05) is 12.8 Å². The van der Waals surface area contributed by atoms with Gasteiger partial charge in [-0.1, -0.05) is 12.1 Å². The highest BCUT2D eigenvalue weighted by Gasteiger charge is 2.20. The largest absolute Gasteiger partial charge is 0.377 e. The molecular formula is C13H15N3O2. The number of benzene rings is 1. The Morgan fingerprint density at radius 3 is 3.00 bits per heavy atom. The number of hydrogen-bond donors (Lipinski definition) is 2. The van der Waals surface area contributed by atoms with E-state index in [-0.39, 0.29) is 11.9 Å². The van der Waals surface area contributed by atoms with Gasteiger partial charge in [0.2, 0.25) is 5.91 Å². The number of rotatable bonds is 4. The number of nitrogens with one attached hydrogen (secondary N) is 2. The number of aromatic amines is 1. The molecule has 0 atom stereocenters. The van der Waals surface area contributed by atoms with Crippen molar-refractivity contribution >= 4 is 16.9 Å². The van der Waals surface area contributed by atoms with E-state index in [0.717, 1.165) is 16.9 Å². The summed E-state index contributed by atoms with van der Waals surface area (Å²) in [6.45, 7) is 1.27. The molecule has 94 valence electrons. The highest BCUT2D eigenvalue weighted by atomic mass is 16.5. The first-order valence-corrected chi connectivity index (χ1v) is 6.12. The van der Waals surface area contributed by atoms with Gasteiger partial charge in [-0.2, -0.15) is 0 Å². The SMILES string of the molecule is O=C(CCc1nc2ccccc2[nH]1)NC1COC1. The average Bonchev–Trinajstić information content (AvgIpc) is 2.74. The number of H-pyrrole nitrogens is 1. The smallest absolute Gasteiger partial charge is 0.220 e. The Morgan fingerprint density at radius 1 is 1.44 bits per heavy atom. The zero-order valence-electron chi connectivity index (χ0n) is 9.98. The predicted molar refractivity (Wildman–Crippen MR) is 67.2 cm³/mol. The Kier molecular flexibility index (Phi) is 2.98. The second-order valence-corrected chi connectivity index (χ2v) is 4.50. The minimum absolute atomic E-state index is 0.0590. The van der Waals surface area contributed by atoms with E-state index in [9.17, 15) is 4.79 Å². The molecule has 2 N–H and O–H groups in total. The van der Waals surface area contributed by atoms with Crippen LogP contribution < -0.4 is 5.32 Å². The first kappa shape index (κ1) is 11.2. The van der Waals surface area contributed by atoms with Crippen molar-refractivity contribution in [3.05, 3.63) is 30.1 Å². The maximum atomic E-state index is 11.6. The summed E-state index contributed by atoms with van der Waals surface area (Å²) in [7, 11) is 0. The molecule has 1 fully saturated rings. The highest BCUT2D eigenvalue weighted by Crippen LogP contribution is 2.11. The third-order valence-electron chi connectivity index (χ3n) is 3.03. The van der Waals surface area contributed by atoms with Gasteiger partial charge < -0.3 is 15.0 Å². The van der Waals surface area contributed by atoms with Gasteiger partial charge in [0.25, 0.3) is 0 Å². The highest BCUT2D eigenvalue weighted by molar-refractivity contribution is 5.77. The molecule has 2 aromatic rings. The molecule has 0 bridgehead atoms. The number of aromatic nitrogens is 2. The lowest BCUT2D eigenvalue weighted by Crippen LogP contribution is -2.48. The lowest BCUT2D eigenvalue weighted by molar-refractivity contribution is -0.125. The summed E-state index contributed by atoms with van der Waals surface area (Å²) in [6.07, 6.45) is 1.09. The number of hydrogen-bond acceptors (Lipinski definition) is 3. The van der Waals surface area contributed by atoms with E-state index in [1.165, 1.54) is 0 Å². The minimum atomic E-state index is 0.0590. The fourth-order valence-corrected chi connectivity index (χ4v) is 1.97. The van der Waals surface area contributed by atoms with Crippen LogP contribution in [0.2, 0.25) is 0 Å². The second kappa shape index (κ2) is 4.78. The van der Waals surface area contributed by atoms with E-state index < -0.39 is 0 Å². The molecule has 18 heavy (non-hydrogen) atoms. The third kappa shape index (κ3) is 2.36. The van der Waals surface area contributed by atoms with Gasteiger partial charge in [0.1, 0.15) is 5.82 Å². The van der Waals surface area contributed by atoms with Crippen molar-refractivity contribution in [3.8, 4) is 0 Å². The fraction of sp³-hybridized carbons (Fsp3) is 0.385. The molecule has 5 nitrogen and oxygen atoms in total. The lowest BCUT2D eigenvalue weighted by atomic mass is 10.2. The normalized spacial score (nSPS) is 15.6. The fourth-order valence-electron chi connectivity index (χ4n) is 1.97. The first-order valence-electron chi connectivity index (χ1n) is 6.12. The molecule has 2 heterocycles. The Labute approximate surface area is 105 Å². The van der Waals surface area contributed by atoms with Crippen molar-refractivity contribution < 1.29 is 9.53 Å². The summed E-state index contributed by atoms with van der Waals surface area (Å²) < 4.78 is 5.01. The summed E-state index contributed by atoms with van der Waals surface area (Å²) in [5.41, 5.74) is 1.96. The minimum Gasteiger partial charge on any atom is -0.377 e. The molecule has 3 rings (SSSR count). The van der Waals surface area contributed by atoms with Gasteiger partial charge in [-0.15, -0.1) is 0 Å². The molecular weight excluding hydrogens is 230 g/mol. The number of carbonyl (C=O) groups is 1. The van der Waals surface area contributed by atoms with Crippen LogP contribution in [0, 0.1) is 0 Å². The number of imidazole rings is 1. The zero-order chi connectivity index (χ0) is 12.4. The van der Waals surface area contributed by atoms with Gasteiger partial charge in [-0.25, -0.2) is 4.98 Å². The van der Waals surface area contributed by atoms with Crippen LogP contribution in [-0.2, 0) is 16.0 Å². The van der Waals surface area contributed by atoms with Crippen LogP contribution >= 0.6 is 0 Å². The summed E-state index contributed by atoms with van der Waals surface area (Å²) in [5.74, 6) is 0.917. The number of amides is 1. The van der Waals surface area contributed by atoms with Gasteiger partial charge in [0.05, 0.1) is 30.3 Å². The van der Waals surface area contributed by atoms with Crippen molar-refractivity contribution in [1.82, 2.24) is 15.3 Å². The lowest BCUT2D eigenvalue weighted by Gasteiger charge is -2.26. The van der Waals surface area contributed by atoms with Crippen LogP contribution in [0.5, 0.6) is 0 Å². The number of fused-ring (bicyclic) bond motifs is 1. The molecule has 1 saturated heterocycles. The van der Waals surface area contributed by atoms with E-state index in [1.807, 2.05) is 24.3 Å². The van der Waals surface area contributed by atoms with Crippen molar-refractivity contribution in [1.29, 1.82) is 0 Å². The van der Waals surface area contributed by atoms with E-state index in [2.05, 4.69) is 15.3 Å². The summed E-state index contributed by atoms with van der Waals surface area (Å²) in [4.78, 5) is 19.3. The number of aryl methyl sites for hydroxylation is 1. The molecule has 1 aliphatic heterocycles. The summed E-state index contributed by atoms with van der Waals surface area (Å²) in [6, 6.07) is 8.07. The molecule has 1 aliphatic rings. The third-order valence-corrected chi connectivity index (χ3v) is 3.03. The number of nitrogens with zero attached hydrogens (tertiary/aromatic N) is 1. The van der Waals surface area contributed by atoms with Crippen molar-refractivity contribution in [2.75, 3.05) is 13.2 Å². The molecule has 0 aliphatic carbocycles. The molecule has 5 heteroatoms. The van der Waals surface area contributed by atoms with Gasteiger partial charge in [-0.05, 0) is 12.1 Å². The summed E-state index contributed by atoms with van der Waals surface area (Å²) >= 11 is 0. The molecule has 0 radical (unpaired) electrons. The Hall–Kier alpha value is -1.88. The van der Waals surface area contributed by atoms with Crippen LogP contribution in [0.25, 0.3) is 11.0 Å². The average molecular weight is 245 g/mol. The Bertz CT molecular complexity index is 527. The summed E-state index contributed by atoms with van der Waals surface area (Å²) in [5, 5.41) is 2.91. The molecule has 0 unspecified atom stereocenters. The van der Waals surface area contributed by atoms with E-state index in [4.69, 9.17) is 4.74 Å². The van der Waals surface area contributed by atoms with Crippen LogP contribution in [0.4, 0.5) is 0 Å². The van der Waals surface area contributed by atoms with Crippen LogP contribution in [0.1, 0.15) is 12.2 Å². The van der Waals surface area contributed by atoms with Gasteiger partial charge in [0.15, 0.2) is 0 Å². The molecule has 1 aromatic carbocycles. The van der Waals surface area contributed by atoms with Crippen LogP contribution in [-0.4, -0.2) is 35.1 Å². The number of carbonyl (C=O) groups excluding carboxylic acids is 1. The topological polar surface area (TPSA) is 67.0 Å². The van der Waals surface area contributed by atoms with E-state index in [1.54, 1.807) is 0 Å². The number of ether oxygens (including phenoxy) is 1. The van der Waals surface area contributed by atoms with Crippen LogP contribution in [0.3, 0.4) is 0 Å². The maximum Gasteiger partial charge on any atom is 0.220 e. The van der Waals surface area contributed by atoms with Crippen molar-refractivity contribution in [2.24, 2.45) is 0 Å². The first-order chi connectivity index (χ1) is 8.81. The predicted octanol–water partition coefficient (Wildman–Crippen LogP) is 1.01. The standard InChI is InChI=1S/C13H15N3O2/c17-13(14-9-7-18-8-9)6-5-12-15-10-3-1-2-4-11(10)16-12/h1-4,9H,5-8H2,(H,14,17)(H,15,16). The quantitative estimate of drug-likeness (QED) is 0.844. The molecule has 0 spiro atoms. The van der Waals surface area contributed by atoms with Gasteiger partial charge in [-0.3, -0.25) is 4.79 Å². The van der Waals surface area contributed by atoms with Gasteiger partial charge >= 0.3 is 0 Å². The van der Waals surface area contributed by atoms with E-state index >= 15 is 0 Å². The number of para-hydroxylation sites is 2. The van der Waals surface area contributed by atoms with Crippen molar-refractivity contribution in [3.63, 3.8) is 0 Å². The molecule has 0 saturated carbocycles. The second-order valence-electron chi connectivity index (χ2n) is 4.50. The Morgan fingerprint density at radius 2 is 2.28 bits per heavy atom. The Balaban J connectivity index is 1.57. The van der Waals surface area contributed by atoms with Crippen LogP contribution in [0.15, 0.2) is 24.3 Å². The van der Waals surface area contributed by atoms with E-state index in [0.29, 0.717) is 26.1 Å². The van der Waals surface area contributed by atoms with Crippen molar-refractivity contribution in [2.45, 2.75) is 18.9 Å². The zero-order valence-corrected chi connectivity index (χ0v) is 9.98. The monoisotopic (exact) mass is 245 g/mol. The maximum absolute atomic E-state index is 11.6. The molecule has 1 amide bonds.